The molecule has 1 aromatic heterocycles. The lowest BCUT2D eigenvalue weighted by molar-refractivity contribution is -0.134. The van der Waals surface area contributed by atoms with Crippen molar-refractivity contribution in [2.45, 2.75) is 13.5 Å². The van der Waals surface area contributed by atoms with Gasteiger partial charge in [-0.15, -0.1) is 0 Å². The maximum Gasteiger partial charge on any atom is 0.331 e. The molecule has 0 fully saturated rings. The van der Waals surface area contributed by atoms with Crippen LogP contribution in [0.2, 0.25) is 0 Å². The van der Waals surface area contributed by atoms with Crippen LogP contribution < -0.4 is 10.2 Å². The number of ether oxygens (including phenoxy) is 1. The number of rotatable bonds is 3. The van der Waals surface area contributed by atoms with Crippen LogP contribution in [0, 0.1) is 12.7 Å². The van der Waals surface area contributed by atoms with Crippen LogP contribution in [0.5, 0.6) is 5.75 Å². The summed E-state index contributed by atoms with van der Waals surface area (Å²) in [6.45, 7) is 1.85. The number of hydrogen-bond donors (Lipinski definition) is 0. The summed E-state index contributed by atoms with van der Waals surface area (Å²) in [6, 6.07) is 18.0. The summed E-state index contributed by atoms with van der Waals surface area (Å²) >= 11 is 0. The van der Waals surface area contributed by atoms with Crippen LogP contribution in [-0.4, -0.2) is 10.5 Å². The number of esters is 1. The van der Waals surface area contributed by atoms with Gasteiger partial charge in [-0.3, -0.25) is 4.79 Å². The fourth-order valence-electron chi connectivity index (χ4n) is 3.21. The number of hydrogen-bond acceptors (Lipinski definition) is 3. The first kappa shape index (κ1) is 17.0. The van der Waals surface area contributed by atoms with Crippen molar-refractivity contribution >= 4 is 27.8 Å². The number of carbonyl (C=O) groups excluding carboxylic acids is 1. The number of aromatic nitrogens is 1. The number of para-hydroxylation sites is 1. The molecule has 1 heterocycles. The minimum absolute atomic E-state index is 0.0625. The largest absolute Gasteiger partial charge is 0.425 e. The molecule has 0 spiro atoms. The van der Waals surface area contributed by atoms with Gasteiger partial charge in [-0.1, -0.05) is 23.8 Å². The first-order chi connectivity index (χ1) is 13.0. The maximum absolute atomic E-state index is 13.0. The predicted molar refractivity (Wildman–Crippen MR) is 102 cm³/mol. The average Bonchev–Trinajstić information content (AvgIpc) is 2.67. The van der Waals surface area contributed by atoms with Crippen molar-refractivity contribution in [1.82, 2.24) is 4.57 Å². The molecule has 134 valence electrons. The van der Waals surface area contributed by atoms with Crippen molar-refractivity contribution in [3.63, 3.8) is 0 Å². The van der Waals surface area contributed by atoms with E-state index in [1.807, 2.05) is 31.2 Å². The van der Waals surface area contributed by atoms with Gasteiger partial charge >= 0.3 is 5.97 Å². The van der Waals surface area contributed by atoms with Crippen molar-refractivity contribution in [1.29, 1.82) is 0 Å². The fraction of sp³-hybridized carbons (Fsp3) is 0.0909. The third-order valence-electron chi connectivity index (χ3n) is 4.46. The zero-order valence-corrected chi connectivity index (χ0v) is 14.6. The normalized spacial score (nSPS) is 11.0. The molecule has 0 saturated heterocycles. The Labute approximate surface area is 154 Å². The second-order valence-electron chi connectivity index (χ2n) is 6.38. The molecule has 0 atom stereocenters. The molecule has 0 radical (unpaired) electrons. The number of nitrogens with zero attached hydrogens (tertiary/aromatic N) is 1. The van der Waals surface area contributed by atoms with Gasteiger partial charge in [0.05, 0.1) is 11.0 Å². The van der Waals surface area contributed by atoms with E-state index in [1.165, 1.54) is 24.3 Å². The van der Waals surface area contributed by atoms with Crippen LogP contribution in [0.25, 0.3) is 21.8 Å². The Bertz CT molecular complexity index is 1230. The molecule has 0 N–H and O–H groups in total. The highest BCUT2D eigenvalue weighted by molar-refractivity contribution is 5.94. The summed E-state index contributed by atoms with van der Waals surface area (Å²) in [7, 11) is 0. The molecule has 4 nitrogen and oxygen atoms in total. The van der Waals surface area contributed by atoms with Gasteiger partial charge < -0.3 is 9.30 Å². The van der Waals surface area contributed by atoms with Crippen molar-refractivity contribution in [3.8, 4) is 5.75 Å². The number of halogens is 1. The standard InChI is InChI=1S/C22H16FNO3/c1-14-6-11-20-18(12-14)22(26)17-4-2-3-5-19(17)24(20)13-21(25)27-16-9-7-15(23)8-10-16/h2-12H,13H2,1H3. The Morgan fingerprint density at radius 2 is 1.67 bits per heavy atom. The van der Waals surface area contributed by atoms with Gasteiger partial charge in [0, 0.05) is 10.8 Å². The van der Waals surface area contributed by atoms with E-state index in [0.717, 1.165) is 5.56 Å². The summed E-state index contributed by atoms with van der Waals surface area (Å²) in [5.74, 6) is -0.633. The molecule has 0 bridgehead atoms. The zero-order chi connectivity index (χ0) is 19.0. The number of carbonyl (C=O) groups is 1. The number of fused-ring (bicyclic) bond motifs is 2. The van der Waals surface area contributed by atoms with Gasteiger partial charge in [-0.25, -0.2) is 9.18 Å². The van der Waals surface area contributed by atoms with Gasteiger partial charge in [0.25, 0.3) is 0 Å². The maximum atomic E-state index is 13.0. The highest BCUT2D eigenvalue weighted by atomic mass is 19.1. The topological polar surface area (TPSA) is 48.3 Å². The van der Waals surface area contributed by atoms with Gasteiger partial charge in [0.2, 0.25) is 0 Å². The van der Waals surface area contributed by atoms with E-state index in [4.69, 9.17) is 4.74 Å². The van der Waals surface area contributed by atoms with Crippen LogP contribution in [-0.2, 0) is 11.3 Å². The molecule has 3 aromatic carbocycles. The lowest BCUT2D eigenvalue weighted by Crippen LogP contribution is -2.20. The Balaban J connectivity index is 1.81. The van der Waals surface area contributed by atoms with Gasteiger partial charge in [0.15, 0.2) is 5.43 Å². The number of benzene rings is 3. The van der Waals surface area contributed by atoms with Gasteiger partial charge in [0.1, 0.15) is 18.1 Å². The monoisotopic (exact) mass is 361 g/mol. The predicted octanol–water partition coefficient (Wildman–Crippen LogP) is 4.21. The second kappa shape index (κ2) is 6.68. The Morgan fingerprint density at radius 1 is 0.963 bits per heavy atom. The average molecular weight is 361 g/mol. The third-order valence-corrected chi connectivity index (χ3v) is 4.46. The molecule has 27 heavy (non-hydrogen) atoms. The number of aryl methyl sites for hydroxylation is 1. The minimum Gasteiger partial charge on any atom is -0.425 e. The first-order valence-electron chi connectivity index (χ1n) is 8.51. The Morgan fingerprint density at radius 3 is 2.44 bits per heavy atom. The second-order valence-corrected chi connectivity index (χ2v) is 6.38. The van der Waals surface area contributed by atoms with E-state index in [2.05, 4.69) is 0 Å². The van der Waals surface area contributed by atoms with E-state index in [9.17, 15) is 14.0 Å². The summed E-state index contributed by atoms with van der Waals surface area (Å²) in [5.41, 5.74) is 2.23. The highest BCUT2D eigenvalue weighted by Gasteiger charge is 2.14. The lowest BCUT2D eigenvalue weighted by Gasteiger charge is -2.15. The number of pyridine rings is 1. The quantitative estimate of drug-likeness (QED) is 0.312. The van der Waals surface area contributed by atoms with E-state index < -0.39 is 11.8 Å². The summed E-state index contributed by atoms with van der Waals surface area (Å²) in [4.78, 5) is 25.3. The van der Waals surface area contributed by atoms with E-state index in [1.54, 1.807) is 22.8 Å². The fourth-order valence-corrected chi connectivity index (χ4v) is 3.21. The molecule has 0 saturated carbocycles. The first-order valence-corrected chi connectivity index (χ1v) is 8.51. The highest BCUT2D eigenvalue weighted by Crippen LogP contribution is 2.21. The van der Waals surface area contributed by atoms with Crippen molar-refractivity contribution in [2.75, 3.05) is 0 Å². The molecular weight excluding hydrogens is 345 g/mol. The molecule has 0 aliphatic carbocycles. The SMILES string of the molecule is Cc1ccc2c(c1)c(=O)c1ccccc1n2CC(=O)Oc1ccc(F)cc1. The molecule has 4 aromatic rings. The summed E-state index contributed by atoms with van der Waals surface area (Å²) in [6.07, 6.45) is 0. The molecule has 0 unspecified atom stereocenters. The Kier molecular flexibility index (Phi) is 4.20. The molecule has 0 aliphatic rings. The van der Waals surface area contributed by atoms with Crippen molar-refractivity contribution in [2.24, 2.45) is 0 Å². The van der Waals surface area contributed by atoms with Crippen LogP contribution in [0.15, 0.2) is 71.5 Å². The summed E-state index contributed by atoms with van der Waals surface area (Å²) in [5, 5.41) is 1.11. The smallest absolute Gasteiger partial charge is 0.331 e. The van der Waals surface area contributed by atoms with Crippen LogP contribution in [0.3, 0.4) is 0 Å². The minimum atomic E-state index is -0.503. The molecule has 5 heteroatoms. The third kappa shape index (κ3) is 3.19. The molecule has 0 amide bonds. The van der Waals surface area contributed by atoms with Crippen LogP contribution in [0.1, 0.15) is 5.56 Å². The van der Waals surface area contributed by atoms with Crippen molar-refractivity contribution in [3.05, 3.63) is 88.3 Å². The van der Waals surface area contributed by atoms with Crippen molar-refractivity contribution < 1.29 is 13.9 Å². The van der Waals surface area contributed by atoms with Gasteiger partial charge in [-0.05, 0) is 55.5 Å². The molecular formula is C22H16FNO3. The van der Waals surface area contributed by atoms with E-state index in [0.29, 0.717) is 21.8 Å². The van der Waals surface area contributed by atoms with Gasteiger partial charge in [-0.2, -0.15) is 0 Å². The zero-order valence-electron chi connectivity index (χ0n) is 14.6. The Hall–Kier alpha value is -3.47. The molecule has 4 rings (SSSR count). The van der Waals surface area contributed by atoms with Crippen LogP contribution >= 0.6 is 0 Å². The van der Waals surface area contributed by atoms with E-state index >= 15 is 0 Å². The molecule has 0 aliphatic heterocycles. The lowest BCUT2D eigenvalue weighted by atomic mass is 10.1. The summed E-state index contributed by atoms with van der Waals surface area (Å²) < 4.78 is 20.1. The van der Waals surface area contributed by atoms with Crippen LogP contribution in [0.4, 0.5) is 4.39 Å². The van der Waals surface area contributed by atoms with E-state index in [-0.39, 0.29) is 17.7 Å².